The van der Waals surface area contributed by atoms with Crippen molar-refractivity contribution in [1.82, 2.24) is 35.1 Å². The van der Waals surface area contributed by atoms with Crippen LogP contribution in [0.15, 0.2) is 39.7 Å². The summed E-state index contributed by atoms with van der Waals surface area (Å²) in [5.41, 5.74) is 1.14. The third-order valence-corrected chi connectivity index (χ3v) is 6.44. The fraction of sp³-hybridized carbons (Fsp3) is 0.333. The van der Waals surface area contributed by atoms with E-state index in [9.17, 15) is 23.6 Å². The zero-order chi connectivity index (χ0) is 26.1. The van der Waals surface area contributed by atoms with Gasteiger partial charge in [0.15, 0.2) is 17.0 Å². The molecule has 192 valence electrons. The molecule has 1 aliphatic rings. The molecule has 0 unspecified atom stereocenters. The minimum atomic E-state index is -0.769. The van der Waals surface area contributed by atoms with Crippen LogP contribution in [0, 0.1) is 11.7 Å². The quantitative estimate of drug-likeness (QED) is 0.353. The maximum atomic E-state index is 14.3. The molecule has 0 saturated carbocycles. The van der Waals surface area contributed by atoms with Crippen molar-refractivity contribution in [3.8, 4) is 0 Å². The van der Waals surface area contributed by atoms with Crippen LogP contribution in [0.5, 0.6) is 0 Å². The lowest BCUT2D eigenvalue weighted by Gasteiger charge is -2.31. The predicted octanol–water partition coefficient (Wildman–Crippen LogP) is 1.22. The summed E-state index contributed by atoms with van der Waals surface area (Å²) in [6.07, 6.45) is 2.45. The van der Waals surface area contributed by atoms with E-state index in [0.29, 0.717) is 36.3 Å². The van der Waals surface area contributed by atoms with Gasteiger partial charge in [0.25, 0.3) is 11.8 Å². The van der Waals surface area contributed by atoms with Crippen molar-refractivity contribution >= 4 is 34.5 Å². The Kier molecular flexibility index (Phi) is 6.42. The fourth-order valence-electron chi connectivity index (χ4n) is 4.38. The molecule has 0 spiro atoms. The Hall–Kier alpha value is -4.55. The number of piperidine rings is 1. The SMILES string of the molecule is CC(=O)N1CCC(CNC(=O)c2cc(C(=O)NCc3ccc4oc(=O)[nH]c4c3)nc3c(F)cnn23)CC1. The van der Waals surface area contributed by atoms with Gasteiger partial charge in [0, 0.05) is 39.2 Å². The van der Waals surface area contributed by atoms with Crippen molar-refractivity contribution in [3.63, 3.8) is 0 Å². The number of benzene rings is 1. The molecule has 1 fully saturated rings. The molecule has 13 heteroatoms. The van der Waals surface area contributed by atoms with Crippen LogP contribution in [0.3, 0.4) is 0 Å². The number of amides is 3. The van der Waals surface area contributed by atoms with Gasteiger partial charge in [-0.05, 0) is 36.5 Å². The summed E-state index contributed by atoms with van der Waals surface area (Å²) < 4.78 is 20.4. The summed E-state index contributed by atoms with van der Waals surface area (Å²) in [7, 11) is 0. The van der Waals surface area contributed by atoms with Crippen molar-refractivity contribution in [1.29, 1.82) is 0 Å². The minimum absolute atomic E-state index is 0.0300. The first-order valence-corrected chi connectivity index (χ1v) is 11.8. The predicted molar refractivity (Wildman–Crippen MR) is 128 cm³/mol. The Bertz CT molecular complexity index is 1560. The maximum Gasteiger partial charge on any atom is 0.417 e. The van der Waals surface area contributed by atoms with Crippen LogP contribution in [-0.2, 0) is 11.3 Å². The second-order valence-corrected chi connectivity index (χ2v) is 8.94. The van der Waals surface area contributed by atoms with Crippen LogP contribution < -0.4 is 16.4 Å². The van der Waals surface area contributed by atoms with Gasteiger partial charge in [-0.15, -0.1) is 0 Å². The average Bonchev–Trinajstić information content (AvgIpc) is 3.46. The number of rotatable bonds is 6. The monoisotopic (exact) mass is 509 g/mol. The molecule has 1 saturated heterocycles. The van der Waals surface area contributed by atoms with Crippen molar-refractivity contribution in [2.24, 2.45) is 5.92 Å². The van der Waals surface area contributed by atoms with Gasteiger partial charge in [-0.25, -0.2) is 18.7 Å². The molecule has 0 atom stereocenters. The molecule has 37 heavy (non-hydrogen) atoms. The zero-order valence-electron chi connectivity index (χ0n) is 19.9. The van der Waals surface area contributed by atoms with Gasteiger partial charge in [-0.2, -0.15) is 5.10 Å². The molecule has 3 amide bonds. The molecule has 0 radical (unpaired) electrons. The normalized spacial score (nSPS) is 14.3. The molecule has 5 rings (SSSR count). The summed E-state index contributed by atoms with van der Waals surface area (Å²) in [4.78, 5) is 57.1. The van der Waals surface area contributed by atoms with Crippen LogP contribution in [0.25, 0.3) is 16.7 Å². The fourth-order valence-corrected chi connectivity index (χ4v) is 4.38. The number of hydrogen-bond donors (Lipinski definition) is 3. The van der Waals surface area contributed by atoms with Crippen LogP contribution >= 0.6 is 0 Å². The number of carbonyl (C=O) groups excluding carboxylic acids is 3. The van der Waals surface area contributed by atoms with Crippen LogP contribution in [0.2, 0.25) is 0 Å². The summed E-state index contributed by atoms with van der Waals surface area (Å²) in [5, 5.41) is 9.41. The molecule has 1 aromatic carbocycles. The van der Waals surface area contributed by atoms with E-state index in [1.807, 2.05) is 0 Å². The first kappa shape index (κ1) is 24.2. The molecule has 4 aromatic rings. The van der Waals surface area contributed by atoms with E-state index in [2.05, 4.69) is 25.7 Å². The van der Waals surface area contributed by atoms with E-state index in [-0.39, 0.29) is 35.4 Å². The largest absolute Gasteiger partial charge is 0.417 e. The van der Waals surface area contributed by atoms with E-state index in [0.717, 1.165) is 23.6 Å². The molecular formula is C24H24FN7O5. The van der Waals surface area contributed by atoms with Gasteiger partial charge in [-0.1, -0.05) is 6.07 Å². The van der Waals surface area contributed by atoms with E-state index in [1.54, 1.807) is 23.1 Å². The summed E-state index contributed by atoms with van der Waals surface area (Å²) in [5.74, 6) is -2.26. The Balaban J connectivity index is 1.29. The lowest BCUT2D eigenvalue weighted by atomic mass is 9.97. The number of fused-ring (bicyclic) bond motifs is 2. The molecule has 0 aliphatic carbocycles. The molecule has 3 aromatic heterocycles. The summed E-state index contributed by atoms with van der Waals surface area (Å²) in [6.45, 7) is 3.27. The Morgan fingerprint density at radius 3 is 2.70 bits per heavy atom. The number of aromatic amines is 1. The van der Waals surface area contributed by atoms with Gasteiger partial charge in [0.2, 0.25) is 5.91 Å². The third-order valence-electron chi connectivity index (χ3n) is 6.44. The van der Waals surface area contributed by atoms with Crippen molar-refractivity contribution in [2.75, 3.05) is 19.6 Å². The van der Waals surface area contributed by atoms with E-state index in [4.69, 9.17) is 4.42 Å². The van der Waals surface area contributed by atoms with Crippen LogP contribution in [-0.4, -0.2) is 61.8 Å². The van der Waals surface area contributed by atoms with Gasteiger partial charge >= 0.3 is 5.76 Å². The van der Waals surface area contributed by atoms with Gasteiger partial charge in [0.05, 0.1) is 11.7 Å². The lowest BCUT2D eigenvalue weighted by Crippen LogP contribution is -2.40. The highest BCUT2D eigenvalue weighted by Gasteiger charge is 2.23. The van der Waals surface area contributed by atoms with E-state index in [1.165, 1.54) is 13.0 Å². The highest BCUT2D eigenvalue weighted by molar-refractivity contribution is 5.98. The number of nitrogens with one attached hydrogen (secondary N) is 3. The number of carbonyl (C=O) groups is 3. The van der Waals surface area contributed by atoms with Gasteiger partial charge in [-0.3, -0.25) is 19.4 Å². The molecule has 12 nitrogen and oxygen atoms in total. The number of nitrogens with zero attached hydrogens (tertiary/aromatic N) is 4. The number of halogens is 1. The Labute approximate surface area is 208 Å². The highest BCUT2D eigenvalue weighted by atomic mass is 19.1. The topological polar surface area (TPSA) is 155 Å². The number of hydrogen-bond acceptors (Lipinski definition) is 7. The smallest absolute Gasteiger partial charge is 0.408 e. The second-order valence-electron chi connectivity index (χ2n) is 8.94. The Morgan fingerprint density at radius 1 is 1.16 bits per heavy atom. The molecular weight excluding hydrogens is 485 g/mol. The molecule has 3 N–H and O–H groups in total. The third kappa shape index (κ3) is 5.06. The zero-order valence-corrected chi connectivity index (χ0v) is 19.9. The first-order valence-electron chi connectivity index (χ1n) is 11.8. The number of likely N-dealkylation sites (tertiary alicyclic amines) is 1. The Morgan fingerprint density at radius 2 is 1.95 bits per heavy atom. The number of aromatic nitrogens is 4. The van der Waals surface area contributed by atoms with Crippen LogP contribution in [0.4, 0.5) is 4.39 Å². The molecule has 0 bridgehead atoms. The standard InChI is InChI=1S/C24H24FN7O5/c1-13(33)31-6-4-14(5-7-31)10-27-23(35)19-9-18(29-21-16(25)12-28-32(19)21)22(34)26-11-15-2-3-20-17(8-15)30-24(36)37-20/h2-3,8-9,12,14H,4-7,10-11H2,1H3,(H,26,34)(H,27,35)(H,30,36). The number of H-pyrrole nitrogens is 1. The van der Waals surface area contributed by atoms with E-state index < -0.39 is 23.4 Å². The van der Waals surface area contributed by atoms with Crippen LogP contribution in [0.1, 0.15) is 46.3 Å². The maximum absolute atomic E-state index is 14.3. The van der Waals surface area contributed by atoms with Crippen molar-refractivity contribution < 1.29 is 23.2 Å². The summed E-state index contributed by atoms with van der Waals surface area (Å²) in [6, 6.07) is 6.21. The molecule has 4 heterocycles. The van der Waals surface area contributed by atoms with E-state index >= 15 is 0 Å². The van der Waals surface area contributed by atoms with Gasteiger partial charge in [0.1, 0.15) is 11.4 Å². The van der Waals surface area contributed by atoms with Gasteiger partial charge < -0.3 is 20.0 Å². The molecule has 1 aliphatic heterocycles. The van der Waals surface area contributed by atoms with Crippen molar-refractivity contribution in [3.05, 3.63) is 63.8 Å². The average molecular weight is 509 g/mol. The lowest BCUT2D eigenvalue weighted by molar-refractivity contribution is -0.130. The first-order chi connectivity index (χ1) is 17.8. The minimum Gasteiger partial charge on any atom is -0.408 e. The summed E-state index contributed by atoms with van der Waals surface area (Å²) >= 11 is 0. The number of oxazole rings is 1. The second kappa shape index (κ2) is 9.84. The highest BCUT2D eigenvalue weighted by Crippen LogP contribution is 2.17. The van der Waals surface area contributed by atoms with Crippen molar-refractivity contribution in [2.45, 2.75) is 26.3 Å².